The van der Waals surface area contributed by atoms with Crippen molar-refractivity contribution in [2.75, 3.05) is 19.8 Å². The van der Waals surface area contributed by atoms with Crippen LogP contribution in [-0.4, -0.2) is 49.3 Å². The summed E-state index contributed by atoms with van der Waals surface area (Å²) in [5.74, 6) is -2.01. The Bertz CT molecular complexity index is 1010. The highest BCUT2D eigenvalue weighted by Gasteiger charge is 2.33. The van der Waals surface area contributed by atoms with E-state index >= 15 is 0 Å². The molecule has 148 valence electrons. The van der Waals surface area contributed by atoms with Crippen LogP contribution in [0.15, 0.2) is 42.5 Å². The molecule has 0 bridgehead atoms. The summed E-state index contributed by atoms with van der Waals surface area (Å²) in [6.07, 6.45) is 1.83. The van der Waals surface area contributed by atoms with Gasteiger partial charge in [0.2, 0.25) is 0 Å². The third-order valence-electron chi connectivity index (χ3n) is 5.06. The maximum atomic E-state index is 12.9. The van der Waals surface area contributed by atoms with Crippen LogP contribution >= 0.6 is 0 Å². The van der Waals surface area contributed by atoms with E-state index in [9.17, 15) is 19.2 Å². The first-order valence-corrected chi connectivity index (χ1v) is 9.43. The van der Waals surface area contributed by atoms with E-state index in [1.807, 2.05) is 0 Å². The van der Waals surface area contributed by atoms with Crippen LogP contribution in [0.25, 0.3) is 0 Å². The second kappa shape index (κ2) is 7.97. The van der Waals surface area contributed by atoms with Gasteiger partial charge < -0.3 is 14.8 Å². The molecule has 0 radical (unpaired) electrons. The minimum atomic E-state index is -0.824. The van der Waals surface area contributed by atoms with Crippen molar-refractivity contribution < 1.29 is 28.7 Å². The monoisotopic (exact) mass is 393 g/mol. The van der Waals surface area contributed by atoms with Crippen LogP contribution in [0.5, 0.6) is 0 Å². The number of amides is 1. The van der Waals surface area contributed by atoms with E-state index in [0.29, 0.717) is 18.7 Å². The fourth-order valence-corrected chi connectivity index (χ4v) is 3.61. The minimum Gasteiger partial charge on any atom is -0.452 e. The highest BCUT2D eigenvalue weighted by atomic mass is 16.5. The summed E-state index contributed by atoms with van der Waals surface area (Å²) in [5.41, 5.74) is 0.706. The number of ether oxygens (including phenoxy) is 2. The van der Waals surface area contributed by atoms with Crippen LogP contribution in [0, 0.1) is 0 Å². The Kier molecular flexibility index (Phi) is 5.22. The van der Waals surface area contributed by atoms with E-state index in [0.717, 1.165) is 12.8 Å². The molecule has 0 unspecified atom stereocenters. The number of carbonyl (C=O) groups excluding carboxylic acids is 4. The molecule has 1 atom stereocenters. The number of nitrogens with one attached hydrogen (secondary N) is 1. The molecule has 1 saturated heterocycles. The van der Waals surface area contributed by atoms with Gasteiger partial charge in [-0.05, 0) is 18.9 Å². The lowest BCUT2D eigenvalue weighted by Crippen LogP contribution is -2.35. The third kappa shape index (κ3) is 3.69. The molecule has 7 heteroatoms. The number of ketones is 2. The zero-order valence-corrected chi connectivity index (χ0v) is 15.6. The molecule has 2 aliphatic rings. The lowest BCUT2D eigenvalue weighted by atomic mass is 9.82. The largest absolute Gasteiger partial charge is 0.452 e. The summed E-state index contributed by atoms with van der Waals surface area (Å²) >= 11 is 0. The van der Waals surface area contributed by atoms with Gasteiger partial charge in [0.25, 0.3) is 5.91 Å². The first kappa shape index (κ1) is 19.0. The van der Waals surface area contributed by atoms with Crippen LogP contribution in [0.3, 0.4) is 0 Å². The molecule has 2 aromatic rings. The quantitative estimate of drug-likeness (QED) is 0.665. The van der Waals surface area contributed by atoms with Gasteiger partial charge in [0.1, 0.15) is 0 Å². The van der Waals surface area contributed by atoms with Gasteiger partial charge in [0, 0.05) is 35.4 Å². The van der Waals surface area contributed by atoms with Gasteiger partial charge in [-0.1, -0.05) is 36.4 Å². The molecule has 0 aromatic heterocycles. The summed E-state index contributed by atoms with van der Waals surface area (Å²) in [5, 5.41) is 2.66. The first-order chi connectivity index (χ1) is 14.1. The number of benzene rings is 2. The second-order valence-corrected chi connectivity index (χ2v) is 6.95. The Morgan fingerprint density at radius 3 is 2.45 bits per heavy atom. The molecule has 7 nitrogen and oxygen atoms in total. The molecule has 1 aliphatic heterocycles. The lowest BCUT2D eigenvalue weighted by Gasteiger charge is -2.19. The highest BCUT2D eigenvalue weighted by Crippen LogP contribution is 2.29. The normalized spacial score (nSPS) is 17.4. The first-order valence-electron chi connectivity index (χ1n) is 9.43. The van der Waals surface area contributed by atoms with Crippen molar-refractivity contribution in [2.24, 2.45) is 0 Å². The summed E-state index contributed by atoms with van der Waals surface area (Å²) in [6.45, 7) is 0.569. The SMILES string of the molecule is O=C(COC(=O)c1cccc2c1C(=O)c1ccccc1C2=O)NC[C@H]1CCCO1. The maximum Gasteiger partial charge on any atom is 0.339 e. The van der Waals surface area contributed by atoms with Gasteiger partial charge in [-0.15, -0.1) is 0 Å². The van der Waals surface area contributed by atoms with Crippen molar-refractivity contribution in [3.05, 3.63) is 70.3 Å². The summed E-state index contributed by atoms with van der Waals surface area (Å²) in [6, 6.07) is 10.9. The molecule has 4 rings (SSSR count). The number of hydrogen-bond donors (Lipinski definition) is 1. The number of carbonyl (C=O) groups is 4. The Morgan fingerprint density at radius 2 is 1.72 bits per heavy atom. The van der Waals surface area contributed by atoms with Gasteiger partial charge in [-0.3, -0.25) is 14.4 Å². The van der Waals surface area contributed by atoms with E-state index in [1.165, 1.54) is 18.2 Å². The molecule has 1 N–H and O–H groups in total. The third-order valence-corrected chi connectivity index (χ3v) is 5.06. The summed E-state index contributed by atoms with van der Waals surface area (Å²) in [4.78, 5) is 50.1. The molecule has 29 heavy (non-hydrogen) atoms. The number of rotatable bonds is 5. The molecular weight excluding hydrogens is 374 g/mol. The zero-order chi connectivity index (χ0) is 20.4. The average Bonchev–Trinajstić information content (AvgIpc) is 3.27. The number of hydrogen-bond acceptors (Lipinski definition) is 6. The zero-order valence-electron chi connectivity index (χ0n) is 15.6. The number of fused-ring (bicyclic) bond motifs is 2. The minimum absolute atomic E-state index is 0.0144. The smallest absolute Gasteiger partial charge is 0.339 e. The van der Waals surface area contributed by atoms with Crippen molar-refractivity contribution in [3.63, 3.8) is 0 Å². The molecule has 1 amide bonds. The fourth-order valence-electron chi connectivity index (χ4n) is 3.61. The van der Waals surface area contributed by atoms with Crippen molar-refractivity contribution in [3.8, 4) is 0 Å². The predicted octanol–water partition coefficient (Wildman–Crippen LogP) is 1.91. The standard InChI is InChI=1S/C22H19NO6/c24-18(23-11-13-5-4-10-28-13)12-29-22(27)17-9-3-8-16-19(17)21(26)15-7-2-1-6-14(15)20(16)25/h1-3,6-9,13H,4-5,10-12H2,(H,23,24)/t13-/m1/s1. The Labute approximate surface area is 167 Å². The van der Waals surface area contributed by atoms with E-state index < -0.39 is 24.3 Å². The number of esters is 1. The van der Waals surface area contributed by atoms with Crippen molar-refractivity contribution in [2.45, 2.75) is 18.9 Å². The van der Waals surface area contributed by atoms with Crippen molar-refractivity contribution in [1.82, 2.24) is 5.32 Å². The van der Waals surface area contributed by atoms with Gasteiger partial charge in [0.05, 0.1) is 11.7 Å². The summed E-state index contributed by atoms with van der Waals surface area (Å²) < 4.78 is 10.5. The Morgan fingerprint density at radius 1 is 1.00 bits per heavy atom. The van der Waals surface area contributed by atoms with E-state index in [2.05, 4.69) is 5.32 Å². The molecule has 1 aliphatic carbocycles. The second-order valence-electron chi connectivity index (χ2n) is 6.95. The fraction of sp³-hybridized carbons (Fsp3) is 0.273. The molecule has 2 aromatic carbocycles. The topological polar surface area (TPSA) is 98.8 Å². The lowest BCUT2D eigenvalue weighted by molar-refractivity contribution is -0.124. The van der Waals surface area contributed by atoms with E-state index in [4.69, 9.17) is 9.47 Å². The van der Waals surface area contributed by atoms with Gasteiger partial charge in [-0.2, -0.15) is 0 Å². The van der Waals surface area contributed by atoms with E-state index in [1.54, 1.807) is 24.3 Å². The van der Waals surface area contributed by atoms with Crippen LogP contribution in [-0.2, 0) is 14.3 Å². The van der Waals surface area contributed by atoms with Crippen molar-refractivity contribution >= 4 is 23.4 Å². The molecule has 0 spiro atoms. The maximum absolute atomic E-state index is 12.9. The highest BCUT2D eigenvalue weighted by molar-refractivity contribution is 6.30. The average molecular weight is 393 g/mol. The van der Waals surface area contributed by atoms with Gasteiger partial charge in [0.15, 0.2) is 18.2 Å². The van der Waals surface area contributed by atoms with E-state index in [-0.39, 0.29) is 34.1 Å². The van der Waals surface area contributed by atoms with Crippen LogP contribution in [0.4, 0.5) is 0 Å². The van der Waals surface area contributed by atoms with Crippen LogP contribution in [0.1, 0.15) is 55.0 Å². The van der Waals surface area contributed by atoms with Crippen LogP contribution in [0.2, 0.25) is 0 Å². The van der Waals surface area contributed by atoms with Gasteiger partial charge in [-0.25, -0.2) is 4.79 Å². The Balaban J connectivity index is 1.48. The molecule has 1 fully saturated rings. The predicted molar refractivity (Wildman–Crippen MR) is 102 cm³/mol. The van der Waals surface area contributed by atoms with Crippen molar-refractivity contribution in [1.29, 1.82) is 0 Å². The molecule has 1 heterocycles. The summed E-state index contributed by atoms with van der Waals surface area (Å²) in [7, 11) is 0. The van der Waals surface area contributed by atoms with Gasteiger partial charge >= 0.3 is 5.97 Å². The molecule has 0 saturated carbocycles. The Hall–Kier alpha value is -3.32. The molecular formula is C22H19NO6. The van der Waals surface area contributed by atoms with Crippen LogP contribution < -0.4 is 5.32 Å².